The lowest BCUT2D eigenvalue weighted by Crippen LogP contribution is -2.32. The molecule has 8 heteroatoms. The average Bonchev–Trinajstić information content (AvgIpc) is 2.82. The zero-order chi connectivity index (χ0) is 18.1. The molecule has 1 aliphatic heterocycles. The van der Waals surface area contributed by atoms with Gasteiger partial charge in [-0.3, -0.25) is 9.59 Å². The molecule has 0 spiro atoms. The highest BCUT2D eigenvalue weighted by molar-refractivity contribution is 9.10. The molecule has 0 aromatic heterocycles. The van der Waals surface area contributed by atoms with Gasteiger partial charge in [-0.2, -0.15) is 0 Å². The summed E-state index contributed by atoms with van der Waals surface area (Å²) in [6.45, 7) is 0. The fourth-order valence-corrected chi connectivity index (χ4v) is 4.70. The second-order valence-electron chi connectivity index (χ2n) is 5.31. The molecule has 3 rings (SSSR count). The number of anilines is 1. The van der Waals surface area contributed by atoms with E-state index in [1.54, 1.807) is 30.3 Å². The first-order chi connectivity index (χ1) is 11.9. The van der Waals surface area contributed by atoms with Crippen molar-refractivity contribution >= 4 is 67.7 Å². The number of benzene rings is 2. The molecule has 1 fully saturated rings. The second-order valence-corrected chi connectivity index (χ2v) is 8.22. The summed E-state index contributed by atoms with van der Waals surface area (Å²) in [4.78, 5) is 26.2. The van der Waals surface area contributed by atoms with E-state index in [1.165, 1.54) is 12.0 Å². The van der Waals surface area contributed by atoms with Crippen molar-refractivity contribution in [1.82, 2.24) is 0 Å². The number of methoxy groups -OCH3 is 1. The number of thioether (sulfide) groups is 1. The number of nitrogens with zero attached hydrogens (tertiary/aromatic N) is 1. The van der Waals surface area contributed by atoms with Gasteiger partial charge in [-0.1, -0.05) is 50.9 Å². The van der Waals surface area contributed by atoms with Crippen molar-refractivity contribution in [1.29, 1.82) is 0 Å². The van der Waals surface area contributed by atoms with Gasteiger partial charge in [0.05, 0.1) is 23.1 Å². The highest BCUT2D eigenvalue weighted by atomic mass is 79.9. The second kappa shape index (κ2) is 7.58. The van der Waals surface area contributed by atoms with E-state index in [0.717, 1.165) is 21.8 Å². The largest absolute Gasteiger partial charge is 0.495 e. The Balaban J connectivity index is 1.87. The Morgan fingerprint density at radius 2 is 1.88 bits per heavy atom. The first-order valence-corrected chi connectivity index (χ1v) is 9.65. The van der Waals surface area contributed by atoms with Crippen LogP contribution in [0.3, 0.4) is 0 Å². The van der Waals surface area contributed by atoms with Gasteiger partial charge in [0.25, 0.3) is 5.24 Å². The SMILES string of the molecule is COc1c(Cl)cc(Br)cc1C[C@H]1SC(=O)N(c2ccc(Cl)cc2)C1=O. The Bertz CT molecular complexity index is 845. The molecule has 1 atom stereocenters. The van der Waals surface area contributed by atoms with Crippen LogP contribution in [-0.4, -0.2) is 23.5 Å². The van der Waals surface area contributed by atoms with Gasteiger partial charge in [0.1, 0.15) is 5.75 Å². The van der Waals surface area contributed by atoms with Crippen LogP contribution in [0.4, 0.5) is 10.5 Å². The highest BCUT2D eigenvalue weighted by Gasteiger charge is 2.41. The minimum Gasteiger partial charge on any atom is -0.495 e. The van der Waals surface area contributed by atoms with Gasteiger partial charge in [0.15, 0.2) is 0 Å². The molecule has 2 amide bonds. The summed E-state index contributed by atoms with van der Waals surface area (Å²) in [5, 5.41) is 0.142. The third kappa shape index (κ3) is 3.82. The molecule has 1 aliphatic rings. The summed E-state index contributed by atoms with van der Waals surface area (Å²) in [5.41, 5.74) is 1.27. The van der Waals surface area contributed by atoms with E-state index < -0.39 is 5.25 Å². The van der Waals surface area contributed by atoms with Crippen molar-refractivity contribution in [2.24, 2.45) is 0 Å². The number of hydrogen-bond acceptors (Lipinski definition) is 4. The minimum absolute atomic E-state index is 0.268. The number of carbonyl (C=O) groups is 2. The summed E-state index contributed by atoms with van der Waals surface area (Å²) in [6.07, 6.45) is 0.335. The summed E-state index contributed by atoms with van der Waals surface area (Å²) < 4.78 is 6.12. The summed E-state index contributed by atoms with van der Waals surface area (Å²) >= 11 is 16.4. The molecule has 0 bridgehead atoms. The Morgan fingerprint density at radius 3 is 2.52 bits per heavy atom. The zero-order valence-electron chi connectivity index (χ0n) is 13.0. The van der Waals surface area contributed by atoms with Crippen molar-refractivity contribution in [3.05, 3.63) is 56.5 Å². The number of rotatable bonds is 4. The van der Waals surface area contributed by atoms with Crippen LogP contribution in [0.2, 0.25) is 10.0 Å². The van der Waals surface area contributed by atoms with Crippen LogP contribution in [0.25, 0.3) is 0 Å². The van der Waals surface area contributed by atoms with Crippen LogP contribution < -0.4 is 9.64 Å². The standard InChI is InChI=1S/C17H12BrCl2NO3S/c1-24-15-9(6-10(18)8-13(15)20)7-14-16(22)21(17(23)25-14)12-4-2-11(19)3-5-12/h2-6,8,14H,7H2,1H3/t14-/m1/s1. The van der Waals surface area contributed by atoms with Crippen molar-refractivity contribution in [3.8, 4) is 5.75 Å². The molecule has 130 valence electrons. The zero-order valence-corrected chi connectivity index (χ0v) is 16.9. The fourth-order valence-electron chi connectivity index (χ4n) is 2.60. The van der Waals surface area contributed by atoms with Crippen LogP contribution in [0.15, 0.2) is 40.9 Å². The van der Waals surface area contributed by atoms with Crippen molar-refractivity contribution in [2.75, 3.05) is 12.0 Å². The van der Waals surface area contributed by atoms with Crippen molar-refractivity contribution < 1.29 is 14.3 Å². The lowest BCUT2D eigenvalue weighted by molar-refractivity contribution is -0.117. The molecule has 0 radical (unpaired) electrons. The van der Waals surface area contributed by atoms with Crippen LogP contribution in [0, 0.1) is 0 Å². The van der Waals surface area contributed by atoms with E-state index in [0.29, 0.717) is 27.9 Å². The number of amides is 2. The predicted molar refractivity (Wildman–Crippen MR) is 105 cm³/mol. The van der Waals surface area contributed by atoms with E-state index in [2.05, 4.69) is 15.9 Å². The van der Waals surface area contributed by atoms with Crippen LogP contribution in [0.5, 0.6) is 5.75 Å². The smallest absolute Gasteiger partial charge is 0.293 e. The first kappa shape index (κ1) is 18.6. The first-order valence-electron chi connectivity index (χ1n) is 7.22. The van der Waals surface area contributed by atoms with Crippen molar-refractivity contribution in [3.63, 3.8) is 0 Å². The van der Waals surface area contributed by atoms with Crippen LogP contribution in [-0.2, 0) is 11.2 Å². The maximum Gasteiger partial charge on any atom is 0.293 e. The molecule has 0 saturated carbocycles. The molecule has 1 heterocycles. The maximum absolute atomic E-state index is 12.7. The third-order valence-electron chi connectivity index (χ3n) is 3.70. The highest BCUT2D eigenvalue weighted by Crippen LogP contribution is 2.38. The molecule has 0 N–H and O–H groups in total. The lowest BCUT2D eigenvalue weighted by atomic mass is 10.1. The normalized spacial score (nSPS) is 17.3. The van der Waals surface area contributed by atoms with Gasteiger partial charge in [-0.15, -0.1) is 0 Å². The maximum atomic E-state index is 12.7. The Morgan fingerprint density at radius 1 is 1.20 bits per heavy atom. The lowest BCUT2D eigenvalue weighted by Gasteiger charge is -2.15. The Labute approximate surface area is 167 Å². The van der Waals surface area contributed by atoms with E-state index in [1.807, 2.05) is 6.07 Å². The number of imide groups is 1. The van der Waals surface area contributed by atoms with Gasteiger partial charge in [0.2, 0.25) is 5.91 Å². The average molecular weight is 461 g/mol. The molecule has 0 aliphatic carbocycles. The number of ether oxygens (including phenoxy) is 1. The van der Waals surface area contributed by atoms with E-state index >= 15 is 0 Å². The van der Waals surface area contributed by atoms with Gasteiger partial charge in [-0.25, -0.2) is 4.90 Å². The molecule has 4 nitrogen and oxygen atoms in total. The molecule has 2 aromatic carbocycles. The quantitative estimate of drug-likeness (QED) is 0.597. The Kier molecular flexibility index (Phi) is 5.63. The van der Waals surface area contributed by atoms with Gasteiger partial charge in [-0.05, 0) is 48.4 Å². The van der Waals surface area contributed by atoms with Gasteiger partial charge < -0.3 is 4.74 Å². The van der Waals surface area contributed by atoms with E-state index in [4.69, 9.17) is 27.9 Å². The van der Waals surface area contributed by atoms with Crippen molar-refractivity contribution in [2.45, 2.75) is 11.7 Å². The summed E-state index contributed by atoms with van der Waals surface area (Å²) in [6, 6.07) is 10.2. The third-order valence-corrected chi connectivity index (χ3v) is 5.73. The van der Waals surface area contributed by atoms with Gasteiger partial charge >= 0.3 is 0 Å². The minimum atomic E-state index is -0.539. The van der Waals surface area contributed by atoms with E-state index in [-0.39, 0.29) is 11.1 Å². The molecule has 25 heavy (non-hydrogen) atoms. The molecule has 2 aromatic rings. The monoisotopic (exact) mass is 459 g/mol. The predicted octanol–water partition coefficient (Wildman–Crippen LogP) is 5.58. The van der Waals surface area contributed by atoms with E-state index in [9.17, 15) is 9.59 Å². The number of halogens is 3. The molecular formula is C17H12BrCl2NO3S. The van der Waals surface area contributed by atoms with Crippen LogP contribution >= 0.6 is 50.9 Å². The molecule has 1 saturated heterocycles. The topological polar surface area (TPSA) is 46.6 Å². The fraction of sp³-hybridized carbons (Fsp3) is 0.176. The van der Waals surface area contributed by atoms with Crippen LogP contribution in [0.1, 0.15) is 5.56 Å². The summed E-state index contributed by atoms with van der Waals surface area (Å²) in [5.74, 6) is 0.242. The molecule has 0 unspecified atom stereocenters. The van der Waals surface area contributed by atoms with Gasteiger partial charge in [0, 0.05) is 9.50 Å². The molecular weight excluding hydrogens is 449 g/mol. The Hall–Kier alpha value is -1.21. The number of carbonyl (C=O) groups excluding carboxylic acids is 2. The summed E-state index contributed by atoms with van der Waals surface area (Å²) in [7, 11) is 1.52. The number of hydrogen-bond donors (Lipinski definition) is 0.